The number of anilines is 1. The lowest BCUT2D eigenvalue weighted by molar-refractivity contribution is -0.0503. The van der Waals surface area contributed by atoms with Gasteiger partial charge < -0.3 is 10.5 Å². The second-order valence-electron chi connectivity index (χ2n) is 4.10. The zero-order chi connectivity index (χ0) is 15.4. The quantitative estimate of drug-likeness (QED) is 0.620. The highest BCUT2D eigenvalue weighted by Crippen LogP contribution is 2.31. The van der Waals surface area contributed by atoms with Crippen LogP contribution in [0.1, 0.15) is 5.56 Å². The Balaban J connectivity index is 2.14. The summed E-state index contributed by atoms with van der Waals surface area (Å²) in [6.07, 6.45) is 0. The van der Waals surface area contributed by atoms with Crippen LogP contribution in [0.15, 0.2) is 41.3 Å². The molecule has 0 heterocycles. The molecule has 21 heavy (non-hydrogen) atoms. The summed E-state index contributed by atoms with van der Waals surface area (Å²) in [5.41, 5.74) is 5.95. The van der Waals surface area contributed by atoms with E-state index in [9.17, 15) is 13.2 Å². The lowest BCUT2D eigenvalue weighted by Gasteiger charge is -2.11. The first-order valence-corrected chi connectivity index (χ1v) is 7.23. The van der Waals surface area contributed by atoms with Gasteiger partial charge in [0.25, 0.3) is 0 Å². The standard InChI is InChI=1S/C14H11ClF3NOS/c15-9-1-4-13(20-14(17)18)8(5-9)7-21-10-2-3-12(19)11(16)6-10/h1-6,14H,7,19H2. The Morgan fingerprint density at radius 1 is 1.19 bits per heavy atom. The maximum Gasteiger partial charge on any atom is 0.387 e. The normalized spacial score (nSPS) is 10.9. The van der Waals surface area contributed by atoms with Gasteiger partial charge in [0.15, 0.2) is 0 Å². The van der Waals surface area contributed by atoms with Gasteiger partial charge in [0, 0.05) is 21.2 Å². The number of nitrogens with two attached hydrogens (primary N) is 1. The first-order valence-electron chi connectivity index (χ1n) is 5.87. The number of alkyl halides is 2. The van der Waals surface area contributed by atoms with E-state index in [0.29, 0.717) is 21.2 Å². The molecule has 0 saturated carbocycles. The van der Waals surface area contributed by atoms with E-state index in [1.54, 1.807) is 12.1 Å². The molecule has 0 radical (unpaired) electrons. The molecule has 2 rings (SSSR count). The van der Waals surface area contributed by atoms with Gasteiger partial charge in [-0.05, 0) is 36.4 Å². The van der Waals surface area contributed by atoms with Gasteiger partial charge in [-0.3, -0.25) is 0 Å². The predicted octanol–water partition coefficient (Wildman–Crippen LogP) is 4.96. The van der Waals surface area contributed by atoms with E-state index in [2.05, 4.69) is 4.74 Å². The van der Waals surface area contributed by atoms with Crippen LogP contribution in [-0.2, 0) is 5.75 Å². The van der Waals surface area contributed by atoms with Crippen molar-refractivity contribution in [1.82, 2.24) is 0 Å². The molecule has 2 aromatic rings. The van der Waals surface area contributed by atoms with Gasteiger partial charge in [0.1, 0.15) is 11.6 Å². The highest BCUT2D eigenvalue weighted by molar-refractivity contribution is 7.98. The second kappa shape index (κ2) is 6.95. The monoisotopic (exact) mass is 333 g/mol. The molecule has 0 unspecified atom stereocenters. The molecule has 0 fully saturated rings. The Morgan fingerprint density at radius 3 is 2.62 bits per heavy atom. The molecule has 2 N–H and O–H groups in total. The van der Waals surface area contributed by atoms with Crippen LogP contribution in [0.3, 0.4) is 0 Å². The molecule has 0 aromatic heterocycles. The number of ether oxygens (including phenoxy) is 1. The van der Waals surface area contributed by atoms with E-state index in [-0.39, 0.29) is 11.4 Å². The average Bonchev–Trinajstić information content (AvgIpc) is 2.42. The van der Waals surface area contributed by atoms with Gasteiger partial charge in [-0.25, -0.2) is 4.39 Å². The molecule has 0 amide bonds. The Bertz CT molecular complexity index is 640. The van der Waals surface area contributed by atoms with Gasteiger partial charge >= 0.3 is 6.61 Å². The van der Waals surface area contributed by atoms with Crippen LogP contribution >= 0.6 is 23.4 Å². The fourth-order valence-corrected chi connectivity index (χ4v) is 2.72. The van der Waals surface area contributed by atoms with Gasteiger partial charge in [-0.2, -0.15) is 8.78 Å². The summed E-state index contributed by atoms with van der Waals surface area (Å²) in [6, 6.07) is 8.79. The Morgan fingerprint density at radius 2 is 1.95 bits per heavy atom. The van der Waals surface area contributed by atoms with Crippen LogP contribution in [0.25, 0.3) is 0 Å². The van der Waals surface area contributed by atoms with Crippen molar-refractivity contribution in [2.45, 2.75) is 17.3 Å². The molecule has 2 nitrogen and oxygen atoms in total. The van der Waals surface area contributed by atoms with E-state index in [1.165, 1.54) is 36.0 Å². The third kappa shape index (κ3) is 4.47. The van der Waals surface area contributed by atoms with Crippen molar-refractivity contribution >= 4 is 29.1 Å². The average molecular weight is 334 g/mol. The third-order valence-electron chi connectivity index (χ3n) is 2.60. The van der Waals surface area contributed by atoms with Gasteiger partial charge in [-0.15, -0.1) is 11.8 Å². The van der Waals surface area contributed by atoms with Crippen LogP contribution in [0.5, 0.6) is 5.75 Å². The van der Waals surface area contributed by atoms with Gasteiger partial charge in [0.05, 0.1) is 5.69 Å². The molecular formula is C14H11ClF3NOS. The number of hydrogen-bond donors (Lipinski definition) is 1. The number of hydrogen-bond acceptors (Lipinski definition) is 3. The van der Waals surface area contributed by atoms with Crippen LogP contribution in [0.4, 0.5) is 18.9 Å². The minimum Gasteiger partial charge on any atom is -0.435 e. The topological polar surface area (TPSA) is 35.2 Å². The first-order chi connectivity index (χ1) is 9.95. The maximum atomic E-state index is 13.3. The molecule has 0 saturated heterocycles. The molecule has 0 bridgehead atoms. The molecule has 0 aliphatic rings. The SMILES string of the molecule is Nc1ccc(SCc2cc(Cl)ccc2OC(F)F)cc1F. The Kier molecular flexibility index (Phi) is 5.25. The Hall–Kier alpha value is -1.53. The minimum atomic E-state index is -2.91. The number of thioether (sulfide) groups is 1. The third-order valence-corrected chi connectivity index (χ3v) is 3.88. The van der Waals surface area contributed by atoms with Crippen molar-refractivity contribution < 1.29 is 17.9 Å². The van der Waals surface area contributed by atoms with Crippen molar-refractivity contribution in [3.8, 4) is 5.75 Å². The molecule has 2 aromatic carbocycles. The van der Waals surface area contributed by atoms with Crippen molar-refractivity contribution in [3.63, 3.8) is 0 Å². The molecule has 0 aliphatic heterocycles. The highest BCUT2D eigenvalue weighted by Gasteiger charge is 2.11. The van der Waals surface area contributed by atoms with E-state index in [4.69, 9.17) is 17.3 Å². The molecule has 0 spiro atoms. The molecule has 0 aliphatic carbocycles. The summed E-state index contributed by atoms with van der Waals surface area (Å²) in [5, 5.41) is 0.413. The second-order valence-corrected chi connectivity index (χ2v) is 5.59. The van der Waals surface area contributed by atoms with Crippen molar-refractivity contribution in [3.05, 3.63) is 52.8 Å². The number of nitrogen functional groups attached to an aromatic ring is 1. The summed E-state index contributed by atoms with van der Waals surface area (Å²) in [7, 11) is 0. The first kappa shape index (κ1) is 15.9. The summed E-state index contributed by atoms with van der Waals surface area (Å²) >= 11 is 7.12. The van der Waals surface area contributed by atoms with Gasteiger partial charge in [-0.1, -0.05) is 11.6 Å². The lowest BCUT2D eigenvalue weighted by atomic mass is 10.2. The van der Waals surface area contributed by atoms with Gasteiger partial charge in [0.2, 0.25) is 0 Å². The lowest BCUT2D eigenvalue weighted by Crippen LogP contribution is -2.04. The fourth-order valence-electron chi connectivity index (χ4n) is 1.63. The molecule has 112 valence electrons. The van der Waals surface area contributed by atoms with Crippen LogP contribution in [0.2, 0.25) is 5.02 Å². The van der Waals surface area contributed by atoms with Crippen LogP contribution in [0, 0.1) is 5.82 Å². The number of rotatable bonds is 5. The van der Waals surface area contributed by atoms with Crippen molar-refractivity contribution in [2.24, 2.45) is 0 Å². The number of halogens is 4. The van der Waals surface area contributed by atoms with Crippen LogP contribution in [-0.4, -0.2) is 6.61 Å². The van der Waals surface area contributed by atoms with E-state index in [0.717, 1.165) is 0 Å². The zero-order valence-electron chi connectivity index (χ0n) is 10.7. The summed E-state index contributed by atoms with van der Waals surface area (Å²) in [5.74, 6) is -0.153. The summed E-state index contributed by atoms with van der Waals surface area (Å²) in [4.78, 5) is 0.629. The van der Waals surface area contributed by atoms with E-state index >= 15 is 0 Å². The van der Waals surface area contributed by atoms with E-state index < -0.39 is 12.4 Å². The number of benzene rings is 2. The molecule has 0 atom stereocenters. The fraction of sp³-hybridized carbons (Fsp3) is 0.143. The van der Waals surface area contributed by atoms with Crippen molar-refractivity contribution in [1.29, 1.82) is 0 Å². The molecular weight excluding hydrogens is 323 g/mol. The highest BCUT2D eigenvalue weighted by atomic mass is 35.5. The van der Waals surface area contributed by atoms with Crippen molar-refractivity contribution in [2.75, 3.05) is 5.73 Å². The molecule has 7 heteroatoms. The summed E-state index contributed by atoms with van der Waals surface area (Å²) < 4.78 is 42.4. The maximum absolute atomic E-state index is 13.3. The Labute approximate surface area is 129 Å². The van der Waals surface area contributed by atoms with E-state index in [1.807, 2.05) is 0 Å². The zero-order valence-corrected chi connectivity index (χ0v) is 12.2. The van der Waals surface area contributed by atoms with Crippen LogP contribution < -0.4 is 10.5 Å². The summed E-state index contributed by atoms with van der Waals surface area (Å²) in [6.45, 7) is -2.91. The predicted molar refractivity (Wildman–Crippen MR) is 78.5 cm³/mol. The smallest absolute Gasteiger partial charge is 0.387 e. The minimum absolute atomic E-state index is 0.0535. The largest absolute Gasteiger partial charge is 0.435 e.